The zero-order chi connectivity index (χ0) is 26.3. The number of alkyl halides is 1. The zero-order valence-electron chi connectivity index (χ0n) is 20.2. The van der Waals surface area contributed by atoms with Crippen LogP contribution in [-0.2, 0) is 38.1 Å². The van der Waals surface area contributed by atoms with Gasteiger partial charge in [0.15, 0.2) is 42.1 Å². The molecule has 0 saturated carbocycles. The van der Waals surface area contributed by atoms with E-state index in [4.69, 9.17) is 23.7 Å². The average Bonchev–Trinajstić information content (AvgIpc) is 2.82. The quantitative estimate of drug-likeness (QED) is 0.277. The number of rotatable bonds is 5. The van der Waals surface area contributed by atoms with E-state index in [9.17, 15) is 24.0 Å². The van der Waals surface area contributed by atoms with Gasteiger partial charge in [0.05, 0.1) is 12.0 Å². The van der Waals surface area contributed by atoms with Crippen LogP contribution in [0, 0.1) is 11.8 Å². The van der Waals surface area contributed by atoms with E-state index < -0.39 is 64.7 Å². The summed E-state index contributed by atoms with van der Waals surface area (Å²) in [5, 5.41) is 0. The number of esters is 2. The first-order valence-electron chi connectivity index (χ1n) is 11.6. The van der Waals surface area contributed by atoms with Crippen LogP contribution in [0.15, 0.2) is 24.3 Å². The van der Waals surface area contributed by atoms with Crippen LogP contribution in [0.2, 0.25) is 0 Å². The number of carbonyl (C=O) groups excluding carboxylic acids is 5. The molecule has 0 aromatic heterocycles. The Balaban J connectivity index is 1.65. The fourth-order valence-corrected chi connectivity index (χ4v) is 5.90. The smallest absolute Gasteiger partial charge is 0.303 e. The molecule has 3 aliphatic rings. The molecule has 1 aromatic carbocycles. The lowest BCUT2D eigenvalue weighted by molar-refractivity contribution is -0.315. The molecule has 0 bridgehead atoms. The highest BCUT2D eigenvalue weighted by molar-refractivity contribution is 14.1. The van der Waals surface area contributed by atoms with Gasteiger partial charge < -0.3 is 23.7 Å². The van der Waals surface area contributed by atoms with Gasteiger partial charge in [-0.25, -0.2) is 0 Å². The van der Waals surface area contributed by atoms with Crippen molar-refractivity contribution >= 4 is 51.9 Å². The first-order chi connectivity index (χ1) is 17.0. The Kier molecular flexibility index (Phi) is 7.93. The predicted molar refractivity (Wildman–Crippen MR) is 130 cm³/mol. The molecule has 0 radical (unpaired) electrons. The number of hydrogen-bond donors (Lipinski definition) is 0. The second-order valence-electron chi connectivity index (χ2n) is 9.18. The molecule has 0 amide bonds. The Bertz CT molecular complexity index is 1090. The SMILES string of the molecule is CC(=O)O[C@@H]1[C@H](C)O[C@@H](O[C@@H]2O[C@@H](C(C)=O)CC3C(=O)c4ccccc4C(=O)C32)C(I)[C@@H]1OC(C)=O. The minimum Gasteiger partial charge on any atom is -0.457 e. The summed E-state index contributed by atoms with van der Waals surface area (Å²) >= 11 is 1.97. The van der Waals surface area contributed by atoms with E-state index in [1.165, 1.54) is 20.8 Å². The summed E-state index contributed by atoms with van der Waals surface area (Å²) in [6.07, 6.45) is -5.73. The molecule has 4 rings (SSSR count). The summed E-state index contributed by atoms with van der Waals surface area (Å²) in [5.41, 5.74) is 0.596. The lowest BCUT2D eigenvalue weighted by Crippen LogP contribution is -2.60. The maximum Gasteiger partial charge on any atom is 0.303 e. The van der Waals surface area contributed by atoms with E-state index in [1.54, 1.807) is 31.2 Å². The van der Waals surface area contributed by atoms with E-state index >= 15 is 0 Å². The Morgan fingerprint density at radius 3 is 2.06 bits per heavy atom. The van der Waals surface area contributed by atoms with Gasteiger partial charge in [-0.2, -0.15) is 0 Å². The largest absolute Gasteiger partial charge is 0.457 e. The van der Waals surface area contributed by atoms with Gasteiger partial charge in [-0.1, -0.05) is 46.9 Å². The van der Waals surface area contributed by atoms with Crippen molar-refractivity contribution < 1.29 is 47.7 Å². The van der Waals surface area contributed by atoms with Crippen molar-refractivity contribution in [3.05, 3.63) is 35.4 Å². The number of fused-ring (bicyclic) bond motifs is 2. The van der Waals surface area contributed by atoms with Crippen LogP contribution >= 0.6 is 22.6 Å². The Labute approximate surface area is 221 Å². The molecule has 36 heavy (non-hydrogen) atoms. The van der Waals surface area contributed by atoms with Gasteiger partial charge in [0, 0.05) is 30.9 Å². The van der Waals surface area contributed by atoms with Gasteiger partial charge in [0.1, 0.15) is 10.0 Å². The number of ketones is 3. The van der Waals surface area contributed by atoms with Crippen LogP contribution in [-0.4, -0.2) is 70.2 Å². The molecule has 3 unspecified atom stereocenters. The highest BCUT2D eigenvalue weighted by Crippen LogP contribution is 2.42. The van der Waals surface area contributed by atoms with Crippen LogP contribution in [0.1, 0.15) is 54.8 Å². The van der Waals surface area contributed by atoms with Gasteiger partial charge >= 0.3 is 11.9 Å². The molecular formula is C25H27IO10. The monoisotopic (exact) mass is 614 g/mol. The summed E-state index contributed by atoms with van der Waals surface area (Å²) in [6, 6.07) is 6.55. The second kappa shape index (κ2) is 10.6. The van der Waals surface area contributed by atoms with Crippen molar-refractivity contribution in [2.75, 3.05) is 0 Å². The van der Waals surface area contributed by atoms with Crippen molar-refractivity contribution in [3.63, 3.8) is 0 Å². The first-order valence-corrected chi connectivity index (χ1v) is 12.9. The fourth-order valence-electron chi connectivity index (χ4n) is 5.00. The van der Waals surface area contributed by atoms with E-state index in [0.717, 1.165) is 0 Å². The number of ether oxygens (including phenoxy) is 5. The molecular weight excluding hydrogens is 587 g/mol. The van der Waals surface area contributed by atoms with Crippen molar-refractivity contribution in [1.82, 2.24) is 0 Å². The van der Waals surface area contributed by atoms with Crippen molar-refractivity contribution in [3.8, 4) is 0 Å². The average molecular weight is 614 g/mol. The van der Waals surface area contributed by atoms with Gasteiger partial charge in [-0.3, -0.25) is 24.0 Å². The van der Waals surface area contributed by atoms with Gasteiger partial charge in [0.25, 0.3) is 0 Å². The van der Waals surface area contributed by atoms with Crippen LogP contribution in [0.3, 0.4) is 0 Å². The summed E-state index contributed by atoms with van der Waals surface area (Å²) in [6.45, 7) is 5.47. The summed E-state index contributed by atoms with van der Waals surface area (Å²) in [4.78, 5) is 62.5. The fraction of sp³-hybridized carbons (Fsp3) is 0.560. The van der Waals surface area contributed by atoms with Crippen LogP contribution < -0.4 is 0 Å². The van der Waals surface area contributed by atoms with E-state index in [1.807, 2.05) is 22.6 Å². The Morgan fingerprint density at radius 2 is 1.47 bits per heavy atom. The zero-order valence-corrected chi connectivity index (χ0v) is 22.3. The topological polar surface area (TPSA) is 132 Å². The molecule has 0 N–H and O–H groups in total. The summed E-state index contributed by atoms with van der Waals surface area (Å²) < 4.78 is 28.2. The van der Waals surface area contributed by atoms with E-state index in [-0.39, 0.29) is 29.3 Å². The van der Waals surface area contributed by atoms with Crippen LogP contribution in [0.25, 0.3) is 0 Å². The minimum absolute atomic E-state index is 0.0684. The highest BCUT2D eigenvalue weighted by atomic mass is 127. The molecule has 2 aliphatic heterocycles. The number of halogens is 1. The molecule has 194 valence electrons. The molecule has 9 atom stereocenters. The number of Topliss-reactive ketones (excluding diaryl/α,β-unsaturated/α-hetero) is 3. The van der Waals surface area contributed by atoms with Gasteiger partial charge in [-0.15, -0.1) is 0 Å². The molecule has 1 aliphatic carbocycles. The maximum atomic E-state index is 13.5. The molecule has 2 heterocycles. The third-order valence-corrected chi connectivity index (χ3v) is 7.92. The molecule has 11 heteroatoms. The standard InChI is InChI=1S/C25H27IO10/c1-10(27)17-9-16-18(21(31)15-8-6-5-7-14(15)20(16)30)24(35-17)36-25-19(26)23(34-13(4)29)22(11(2)32-25)33-12(3)28/h5-8,11,16-19,22-25H,9H2,1-4H3/t11-,16?,17+,18?,19?,22+,23-,24-,25-/m0/s1. The Hall–Kier alpha value is -2.22. The maximum absolute atomic E-state index is 13.5. The van der Waals surface area contributed by atoms with Crippen LogP contribution in [0.4, 0.5) is 0 Å². The van der Waals surface area contributed by atoms with Gasteiger partial charge in [-0.05, 0) is 20.3 Å². The van der Waals surface area contributed by atoms with E-state index in [2.05, 4.69) is 0 Å². The number of carbonyl (C=O) groups is 5. The minimum atomic E-state index is -1.26. The van der Waals surface area contributed by atoms with Crippen LogP contribution in [0.5, 0.6) is 0 Å². The third-order valence-electron chi connectivity index (χ3n) is 6.63. The first kappa shape index (κ1) is 26.8. The molecule has 0 spiro atoms. The number of benzene rings is 1. The van der Waals surface area contributed by atoms with Crippen molar-refractivity contribution in [2.45, 2.75) is 75.0 Å². The number of hydrogen-bond acceptors (Lipinski definition) is 10. The normalized spacial score (nSPS) is 35.9. The molecule has 2 fully saturated rings. The summed E-state index contributed by atoms with van der Waals surface area (Å²) in [5.74, 6) is -3.78. The van der Waals surface area contributed by atoms with E-state index in [0.29, 0.717) is 5.56 Å². The van der Waals surface area contributed by atoms with Gasteiger partial charge in [0.2, 0.25) is 0 Å². The predicted octanol–water partition coefficient (Wildman–Crippen LogP) is 2.43. The highest BCUT2D eigenvalue weighted by Gasteiger charge is 2.54. The lowest BCUT2D eigenvalue weighted by Gasteiger charge is -2.46. The van der Waals surface area contributed by atoms with Crippen molar-refractivity contribution in [1.29, 1.82) is 0 Å². The lowest BCUT2D eigenvalue weighted by atomic mass is 9.70. The summed E-state index contributed by atoms with van der Waals surface area (Å²) in [7, 11) is 0. The second-order valence-corrected chi connectivity index (χ2v) is 10.6. The third kappa shape index (κ3) is 5.11. The molecule has 2 saturated heterocycles. The Morgan fingerprint density at radius 1 is 0.889 bits per heavy atom. The molecule has 10 nitrogen and oxygen atoms in total. The van der Waals surface area contributed by atoms with Crippen molar-refractivity contribution in [2.24, 2.45) is 11.8 Å². The molecule has 1 aromatic rings.